The molecule has 0 aromatic carbocycles. The lowest BCUT2D eigenvalue weighted by Crippen LogP contribution is -2.37. The fourth-order valence-electron chi connectivity index (χ4n) is 3.08. The van der Waals surface area contributed by atoms with Gasteiger partial charge in [0.2, 0.25) is 5.91 Å². The highest BCUT2D eigenvalue weighted by Crippen LogP contribution is 2.35. The van der Waals surface area contributed by atoms with Gasteiger partial charge in [-0.15, -0.1) is 0 Å². The number of amides is 1. The van der Waals surface area contributed by atoms with Crippen molar-refractivity contribution in [2.24, 2.45) is 0 Å². The van der Waals surface area contributed by atoms with Gasteiger partial charge in [0, 0.05) is 19.6 Å². The first kappa shape index (κ1) is 17.4. The van der Waals surface area contributed by atoms with Crippen LogP contribution in [0.3, 0.4) is 0 Å². The number of rotatable bonds is 6. The summed E-state index contributed by atoms with van der Waals surface area (Å²) in [6.07, 6.45) is 0.858. The summed E-state index contributed by atoms with van der Waals surface area (Å²) in [6, 6.07) is 0. The molecule has 1 aromatic rings. The predicted molar refractivity (Wildman–Crippen MR) is 93.4 cm³/mol. The number of carbonyl (C=O) groups is 2. The van der Waals surface area contributed by atoms with Gasteiger partial charge in [0.05, 0.1) is 31.1 Å². The summed E-state index contributed by atoms with van der Waals surface area (Å²) in [5.41, 5.74) is 1.32. The van der Waals surface area contributed by atoms with Crippen LogP contribution in [0.2, 0.25) is 0 Å². The Morgan fingerprint density at radius 3 is 2.88 bits per heavy atom. The van der Waals surface area contributed by atoms with Crippen molar-refractivity contribution in [3.8, 4) is 0 Å². The minimum absolute atomic E-state index is 0.0918. The van der Waals surface area contributed by atoms with E-state index >= 15 is 0 Å². The summed E-state index contributed by atoms with van der Waals surface area (Å²) in [4.78, 5) is 29.9. The van der Waals surface area contributed by atoms with Crippen LogP contribution in [0.15, 0.2) is 0 Å². The number of hydrogen-bond acceptors (Lipinski definition) is 7. The van der Waals surface area contributed by atoms with E-state index in [0.29, 0.717) is 29.4 Å². The van der Waals surface area contributed by atoms with Crippen LogP contribution in [-0.2, 0) is 9.53 Å². The molecule has 0 aliphatic carbocycles. The number of carbonyl (C=O) groups excluding carboxylic acids is 1. The SMILES string of the molecule is Cc1nc2c(c(NCCCN3CCOCC3)c1C(=O)O)NC(=O)CN2. The highest BCUT2D eigenvalue weighted by Gasteiger charge is 2.26. The van der Waals surface area contributed by atoms with Gasteiger partial charge in [0.1, 0.15) is 11.3 Å². The molecule has 3 rings (SSSR count). The standard InChI is InChI=1S/C16H23N5O4/c1-10-12(16(23)24)13(14-15(19-10)18-9-11(22)20-14)17-3-2-4-21-5-7-25-8-6-21/h2-9H2,1H3,(H,20,22)(H,23,24)(H2,17,18,19). The van der Waals surface area contributed by atoms with E-state index < -0.39 is 5.97 Å². The summed E-state index contributed by atoms with van der Waals surface area (Å²) in [5.74, 6) is -0.785. The molecule has 0 bridgehead atoms. The van der Waals surface area contributed by atoms with Crippen molar-refractivity contribution in [1.82, 2.24) is 9.88 Å². The topological polar surface area (TPSA) is 116 Å². The van der Waals surface area contributed by atoms with Gasteiger partial charge in [-0.05, 0) is 19.9 Å². The summed E-state index contributed by atoms with van der Waals surface area (Å²) in [6.45, 7) is 6.65. The Morgan fingerprint density at radius 1 is 1.40 bits per heavy atom. The van der Waals surface area contributed by atoms with Crippen LogP contribution in [0.1, 0.15) is 22.5 Å². The van der Waals surface area contributed by atoms with E-state index in [4.69, 9.17) is 4.74 Å². The zero-order chi connectivity index (χ0) is 17.8. The van der Waals surface area contributed by atoms with E-state index in [1.54, 1.807) is 6.92 Å². The van der Waals surface area contributed by atoms with Crippen molar-refractivity contribution in [2.45, 2.75) is 13.3 Å². The summed E-state index contributed by atoms with van der Waals surface area (Å²) in [7, 11) is 0. The first-order chi connectivity index (χ1) is 12.1. The van der Waals surface area contributed by atoms with Gasteiger partial charge in [-0.1, -0.05) is 0 Å². The van der Waals surface area contributed by atoms with Crippen molar-refractivity contribution >= 4 is 29.1 Å². The maximum Gasteiger partial charge on any atom is 0.339 e. The number of aryl methyl sites for hydroxylation is 1. The highest BCUT2D eigenvalue weighted by molar-refractivity contribution is 6.08. The molecule has 2 aliphatic rings. The Labute approximate surface area is 145 Å². The van der Waals surface area contributed by atoms with E-state index in [2.05, 4.69) is 25.8 Å². The first-order valence-electron chi connectivity index (χ1n) is 8.42. The van der Waals surface area contributed by atoms with Gasteiger partial charge in [0.15, 0.2) is 5.82 Å². The second-order valence-electron chi connectivity index (χ2n) is 6.11. The van der Waals surface area contributed by atoms with Crippen molar-refractivity contribution in [2.75, 3.05) is 61.9 Å². The third-order valence-corrected chi connectivity index (χ3v) is 4.33. The molecular formula is C16H23N5O4. The van der Waals surface area contributed by atoms with Crippen LogP contribution in [0.4, 0.5) is 17.2 Å². The Kier molecular flexibility index (Phi) is 5.34. The average molecular weight is 349 g/mol. The number of nitrogens with one attached hydrogen (secondary N) is 3. The van der Waals surface area contributed by atoms with E-state index in [1.807, 2.05) is 0 Å². The third-order valence-electron chi connectivity index (χ3n) is 4.33. The Balaban J connectivity index is 1.72. The van der Waals surface area contributed by atoms with Crippen molar-refractivity contribution in [1.29, 1.82) is 0 Å². The molecule has 4 N–H and O–H groups in total. The monoisotopic (exact) mass is 349 g/mol. The van der Waals surface area contributed by atoms with Crippen molar-refractivity contribution < 1.29 is 19.4 Å². The smallest absolute Gasteiger partial charge is 0.339 e. The number of pyridine rings is 1. The minimum atomic E-state index is -1.07. The summed E-state index contributed by atoms with van der Waals surface area (Å²) >= 11 is 0. The Bertz CT molecular complexity index is 673. The van der Waals surface area contributed by atoms with E-state index in [-0.39, 0.29) is 18.0 Å². The van der Waals surface area contributed by atoms with Gasteiger partial charge >= 0.3 is 5.97 Å². The largest absolute Gasteiger partial charge is 0.478 e. The number of morpholine rings is 1. The number of nitrogens with zero attached hydrogens (tertiary/aromatic N) is 2. The molecule has 9 heteroatoms. The molecule has 0 saturated carbocycles. The second kappa shape index (κ2) is 7.66. The lowest BCUT2D eigenvalue weighted by Gasteiger charge is -2.27. The molecule has 136 valence electrons. The zero-order valence-corrected chi connectivity index (χ0v) is 14.2. The van der Waals surface area contributed by atoms with Crippen LogP contribution < -0.4 is 16.0 Å². The summed E-state index contributed by atoms with van der Waals surface area (Å²) in [5, 5.41) is 18.4. The van der Waals surface area contributed by atoms with E-state index in [0.717, 1.165) is 39.3 Å². The van der Waals surface area contributed by atoms with Crippen LogP contribution in [0.25, 0.3) is 0 Å². The zero-order valence-electron chi connectivity index (χ0n) is 14.2. The molecule has 0 radical (unpaired) electrons. The summed E-state index contributed by atoms with van der Waals surface area (Å²) < 4.78 is 5.33. The van der Waals surface area contributed by atoms with Gasteiger partial charge in [-0.2, -0.15) is 0 Å². The van der Waals surface area contributed by atoms with Crippen LogP contribution in [0, 0.1) is 6.92 Å². The maximum atomic E-state index is 11.7. The van der Waals surface area contributed by atoms with E-state index in [1.165, 1.54) is 0 Å². The average Bonchev–Trinajstić information content (AvgIpc) is 2.59. The van der Waals surface area contributed by atoms with Gasteiger partial charge in [-0.25, -0.2) is 9.78 Å². The van der Waals surface area contributed by atoms with Crippen LogP contribution >= 0.6 is 0 Å². The molecule has 1 amide bonds. The number of carboxylic acids is 1. The molecule has 9 nitrogen and oxygen atoms in total. The molecule has 0 atom stereocenters. The molecule has 25 heavy (non-hydrogen) atoms. The first-order valence-corrected chi connectivity index (χ1v) is 8.42. The van der Waals surface area contributed by atoms with Crippen LogP contribution in [0.5, 0.6) is 0 Å². The number of aromatic nitrogens is 1. The normalized spacial score (nSPS) is 17.4. The molecule has 1 saturated heterocycles. The third kappa shape index (κ3) is 3.99. The lowest BCUT2D eigenvalue weighted by atomic mass is 10.1. The second-order valence-corrected chi connectivity index (χ2v) is 6.11. The number of anilines is 3. The maximum absolute atomic E-state index is 11.7. The van der Waals surface area contributed by atoms with Gasteiger partial charge in [0.25, 0.3) is 0 Å². The Morgan fingerprint density at radius 2 is 2.16 bits per heavy atom. The number of carboxylic acid groups (broad SMARTS) is 1. The molecule has 2 aliphatic heterocycles. The van der Waals surface area contributed by atoms with Gasteiger partial charge < -0.3 is 25.8 Å². The molecule has 1 aromatic heterocycles. The number of aromatic carboxylic acids is 1. The van der Waals surface area contributed by atoms with E-state index in [9.17, 15) is 14.7 Å². The van der Waals surface area contributed by atoms with Crippen molar-refractivity contribution in [3.63, 3.8) is 0 Å². The molecular weight excluding hydrogens is 326 g/mol. The predicted octanol–water partition coefficient (Wildman–Crippen LogP) is 0.586. The molecule has 0 unspecified atom stereocenters. The quantitative estimate of drug-likeness (QED) is 0.552. The number of hydrogen-bond donors (Lipinski definition) is 4. The Hall–Kier alpha value is -2.39. The molecule has 3 heterocycles. The number of ether oxygens (including phenoxy) is 1. The molecule has 1 fully saturated rings. The fourth-order valence-corrected chi connectivity index (χ4v) is 3.08. The van der Waals surface area contributed by atoms with Gasteiger partial charge in [-0.3, -0.25) is 9.69 Å². The minimum Gasteiger partial charge on any atom is -0.478 e. The molecule has 0 spiro atoms. The highest BCUT2D eigenvalue weighted by atomic mass is 16.5. The van der Waals surface area contributed by atoms with Crippen molar-refractivity contribution in [3.05, 3.63) is 11.3 Å². The van der Waals surface area contributed by atoms with Crippen LogP contribution in [-0.4, -0.2) is 72.8 Å². The fraction of sp³-hybridized carbons (Fsp3) is 0.562. The number of fused-ring (bicyclic) bond motifs is 1. The lowest BCUT2D eigenvalue weighted by molar-refractivity contribution is -0.114.